The van der Waals surface area contributed by atoms with Gasteiger partial charge < -0.3 is 5.32 Å². The Kier molecular flexibility index (Phi) is 7.87. The standard InChI is InChI=1S/C15H32N2/c1-4-7-8-14(5-2)13-16-11-12-17(6-3)15-9-10-15/h14-16H,4-13H2,1-3H3. The van der Waals surface area contributed by atoms with Gasteiger partial charge in [0.15, 0.2) is 0 Å². The van der Waals surface area contributed by atoms with E-state index in [1.165, 1.54) is 64.7 Å². The fourth-order valence-corrected chi connectivity index (χ4v) is 2.51. The van der Waals surface area contributed by atoms with Gasteiger partial charge >= 0.3 is 0 Å². The lowest BCUT2D eigenvalue weighted by Crippen LogP contribution is -2.35. The molecule has 0 aromatic carbocycles. The van der Waals surface area contributed by atoms with Crippen molar-refractivity contribution < 1.29 is 0 Å². The third-order valence-corrected chi connectivity index (χ3v) is 4.02. The highest BCUT2D eigenvalue weighted by Crippen LogP contribution is 2.25. The largest absolute Gasteiger partial charge is 0.315 e. The van der Waals surface area contributed by atoms with Gasteiger partial charge in [-0.2, -0.15) is 0 Å². The Bertz CT molecular complexity index is 178. The topological polar surface area (TPSA) is 15.3 Å². The zero-order valence-corrected chi connectivity index (χ0v) is 12.2. The first kappa shape index (κ1) is 15.0. The molecule has 1 atom stereocenters. The van der Waals surface area contributed by atoms with Gasteiger partial charge in [0.1, 0.15) is 0 Å². The Balaban J connectivity index is 2.00. The minimum atomic E-state index is 0.894. The molecule has 0 aliphatic heterocycles. The van der Waals surface area contributed by atoms with Gasteiger partial charge in [0.2, 0.25) is 0 Å². The smallest absolute Gasteiger partial charge is 0.0110 e. The van der Waals surface area contributed by atoms with E-state index < -0.39 is 0 Å². The summed E-state index contributed by atoms with van der Waals surface area (Å²) in [5, 5.41) is 3.65. The summed E-state index contributed by atoms with van der Waals surface area (Å²) >= 11 is 0. The van der Waals surface area contributed by atoms with Crippen molar-refractivity contribution in [2.24, 2.45) is 5.92 Å². The Morgan fingerprint density at radius 2 is 2.00 bits per heavy atom. The van der Waals surface area contributed by atoms with Crippen molar-refractivity contribution in [3.05, 3.63) is 0 Å². The zero-order chi connectivity index (χ0) is 12.5. The van der Waals surface area contributed by atoms with Gasteiger partial charge in [0, 0.05) is 19.1 Å². The van der Waals surface area contributed by atoms with Gasteiger partial charge in [-0.05, 0) is 38.3 Å². The molecule has 1 aliphatic carbocycles. The van der Waals surface area contributed by atoms with E-state index in [1.807, 2.05) is 0 Å². The molecule has 1 saturated carbocycles. The van der Waals surface area contributed by atoms with Gasteiger partial charge in [0.05, 0.1) is 0 Å². The summed E-state index contributed by atoms with van der Waals surface area (Å²) in [7, 11) is 0. The molecule has 0 amide bonds. The van der Waals surface area contributed by atoms with Gasteiger partial charge in [-0.3, -0.25) is 4.90 Å². The minimum Gasteiger partial charge on any atom is -0.315 e. The number of nitrogens with zero attached hydrogens (tertiary/aromatic N) is 1. The zero-order valence-electron chi connectivity index (χ0n) is 12.2. The van der Waals surface area contributed by atoms with Crippen LogP contribution >= 0.6 is 0 Å². The summed E-state index contributed by atoms with van der Waals surface area (Å²) in [5.74, 6) is 0.894. The van der Waals surface area contributed by atoms with Crippen molar-refractivity contribution in [3.8, 4) is 0 Å². The third kappa shape index (κ3) is 6.42. The fourth-order valence-electron chi connectivity index (χ4n) is 2.51. The molecule has 1 aliphatic rings. The molecule has 1 rings (SSSR count). The number of nitrogens with one attached hydrogen (secondary N) is 1. The second kappa shape index (κ2) is 8.93. The average molecular weight is 240 g/mol. The predicted molar refractivity (Wildman–Crippen MR) is 76.4 cm³/mol. The van der Waals surface area contributed by atoms with Crippen molar-refractivity contribution in [2.75, 3.05) is 26.2 Å². The summed E-state index contributed by atoms with van der Waals surface area (Å²) in [5.41, 5.74) is 0. The Hall–Kier alpha value is -0.0800. The van der Waals surface area contributed by atoms with Crippen LogP contribution in [-0.2, 0) is 0 Å². The number of likely N-dealkylation sites (N-methyl/N-ethyl adjacent to an activating group) is 1. The molecule has 0 radical (unpaired) electrons. The van der Waals surface area contributed by atoms with Crippen LogP contribution in [0.2, 0.25) is 0 Å². The van der Waals surface area contributed by atoms with E-state index in [9.17, 15) is 0 Å². The molecular formula is C15H32N2. The summed E-state index contributed by atoms with van der Waals surface area (Å²) in [6, 6.07) is 0.920. The molecule has 0 aromatic rings. The molecule has 1 N–H and O–H groups in total. The maximum absolute atomic E-state index is 3.65. The second-order valence-electron chi connectivity index (χ2n) is 5.48. The third-order valence-electron chi connectivity index (χ3n) is 4.02. The molecule has 1 unspecified atom stereocenters. The Morgan fingerprint density at radius 3 is 2.53 bits per heavy atom. The molecule has 0 heterocycles. The summed E-state index contributed by atoms with van der Waals surface area (Å²) < 4.78 is 0. The average Bonchev–Trinajstić information content (AvgIpc) is 3.17. The molecule has 0 aromatic heterocycles. The van der Waals surface area contributed by atoms with Crippen molar-refractivity contribution in [3.63, 3.8) is 0 Å². The molecular weight excluding hydrogens is 208 g/mol. The molecule has 0 bridgehead atoms. The normalized spacial score (nSPS) is 17.6. The van der Waals surface area contributed by atoms with E-state index in [1.54, 1.807) is 0 Å². The lowest BCUT2D eigenvalue weighted by atomic mass is 9.99. The number of hydrogen-bond acceptors (Lipinski definition) is 2. The molecule has 2 nitrogen and oxygen atoms in total. The number of rotatable bonds is 11. The van der Waals surface area contributed by atoms with E-state index in [-0.39, 0.29) is 0 Å². The van der Waals surface area contributed by atoms with E-state index in [0.29, 0.717) is 0 Å². The fraction of sp³-hybridized carbons (Fsp3) is 1.00. The summed E-state index contributed by atoms with van der Waals surface area (Å²) in [6.45, 7) is 11.8. The summed E-state index contributed by atoms with van der Waals surface area (Å²) in [4.78, 5) is 2.62. The first-order valence-corrected chi connectivity index (χ1v) is 7.76. The SMILES string of the molecule is CCCCC(CC)CNCCN(CC)C1CC1. The predicted octanol–water partition coefficient (Wildman–Crippen LogP) is 3.28. The van der Waals surface area contributed by atoms with Crippen LogP contribution < -0.4 is 5.32 Å². The van der Waals surface area contributed by atoms with Crippen molar-refractivity contribution in [1.82, 2.24) is 10.2 Å². The first-order valence-electron chi connectivity index (χ1n) is 7.76. The maximum Gasteiger partial charge on any atom is 0.0110 e. The molecule has 0 saturated heterocycles. The van der Waals surface area contributed by atoms with E-state index in [2.05, 4.69) is 31.0 Å². The molecule has 2 heteroatoms. The molecule has 0 spiro atoms. The van der Waals surface area contributed by atoms with Crippen LogP contribution in [0.15, 0.2) is 0 Å². The van der Waals surface area contributed by atoms with Gasteiger partial charge in [-0.1, -0.05) is 40.0 Å². The maximum atomic E-state index is 3.65. The second-order valence-corrected chi connectivity index (χ2v) is 5.48. The van der Waals surface area contributed by atoms with Crippen molar-refractivity contribution in [1.29, 1.82) is 0 Å². The number of hydrogen-bond donors (Lipinski definition) is 1. The highest BCUT2D eigenvalue weighted by atomic mass is 15.2. The molecule has 17 heavy (non-hydrogen) atoms. The number of unbranched alkanes of at least 4 members (excludes halogenated alkanes) is 1. The van der Waals surface area contributed by atoms with E-state index >= 15 is 0 Å². The van der Waals surface area contributed by atoms with E-state index in [0.717, 1.165) is 12.0 Å². The summed E-state index contributed by atoms with van der Waals surface area (Å²) in [6.07, 6.45) is 8.32. The Morgan fingerprint density at radius 1 is 1.24 bits per heavy atom. The van der Waals surface area contributed by atoms with Crippen molar-refractivity contribution in [2.45, 2.75) is 65.3 Å². The van der Waals surface area contributed by atoms with Crippen LogP contribution in [0.25, 0.3) is 0 Å². The van der Waals surface area contributed by atoms with Crippen LogP contribution in [0.5, 0.6) is 0 Å². The van der Waals surface area contributed by atoms with Crippen LogP contribution in [0.1, 0.15) is 59.3 Å². The van der Waals surface area contributed by atoms with Gasteiger partial charge in [0.25, 0.3) is 0 Å². The molecule has 102 valence electrons. The van der Waals surface area contributed by atoms with Gasteiger partial charge in [-0.15, -0.1) is 0 Å². The Labute approximate surface area is 108 Å². The van der Waals surface area contributed by atoms with E-state index in [4.69, 9.17) is 0 Å². The van der Waals surface area contributed by atoms with Crippen LogP contribution in [-0.4, -0.2) is 37.1 Å². The lowest BCUT2D eigenvalue weighted by Gasteiger charge is -2.21. The quantitative estimate of drug-likeness (QED) is 0.558. The monoisotopic (exact) mass is 240 g/mol. The molecule has 1 fully saturated rings. The minimum absolute atomic E-state index is 0.894. The lowest BCUT2D eigenvalue weighted by molar-refractivity contribution is 0.273. The van der Waals surface area contributed by atoms with Crippen molar-refractivity contribution >= 4 is 0 Å². The highest BCUT2D eigenvalue weighted by Gasteiger charge is 2.26. The van der Waals surface area contributed by atoms with Crippen LogP contribution in [0.3, 0.4) is 0 Å². The highest BCUT2D eigenvalue weighted by molar-refractivity contribution is 4.84. The van der Waals surface area contributed by atoms with Crippen LogP contribution in [0.4, 0.5) is 0 Å². The van der Waals surface area contributed by atoms with Gasteiger partial charge in [-0.25, -0.2) is 0 Å². The van der Waals surface area contributed by atoms with Crippen LogP contribution in [0, 0.1) is 5.92 Å². The first-order chi connectivity index (χ1) is 8.31.